The predicted molar refractivity (Wildman–Crippen MR) is 319 cm³/mol. The highest BCUT2D eigenvalue weighted by atomic mass is 16.3. The average molecular weight is 1010 g/mol. The normalized spacial score (nSPS) is 18.0. The minimum Gasteiger partial charge on any atom is -0.456 e. The van der Waals surface area contributed by atoms with Gasteiger partial charge in [0, 0.05) is 74.6 Å². The van der Waals surface area contributed by atoms with Crippen LogP contribution in [0.5, 0.6) is 0 Å². The molecule has 0 radical (unpaired) electrons. The van der Waals surface area contributed by atoms with Crippen LogP contribution in [0.1, 0.15) is 90.5 Å². The topological polar surface area (TPSA) is 45.4 Å². The largest absolute Gasteiger partial charge is 0.456 e. The average Bonchev–Trinajstić information content (AvgIpc) is 2.22. The Labute approximate surface area is 455 Å². The van der Waals surface area contributed by atoms with Crippen LogP contribution >= 0.6 is 0 Å². The third-order valence-corrected chi connectivity index (χ3v) is 18.3. The van der Waals surface area contributed by atoms with Gasteiger partial charge in [0.25, 0.3) is 0 Å². The van der Waals surface area contributed by atoms with E-state index < -0.39 is 5.41 Å². The van der Waals surface area contributed by atoms with E-state index in [1.807, 2.05) is 12.4 Å². The Morgan fingerprint density at radius 3 is 1.85 bits per heavy atom. The molecule has 5 aliphatic rings. The lowest BCUT2D eigenvalue weighted by Crippen LogP contribution is -2.27. The number of furan rings is 1. The Morgan fingerprint density at radius 1 is 0.500 bits per heavy atom. The molecular formula is C73H56N4O. The monoisotopic (exact) mass is 1000 g/mol. The van der Waals surface area contributed by atoms with Crippen molar-refractivity contribution in [3.63, 3.8) is 0 Å². The van der Waals surface area contributed by atoms with E-state index in [0.29, 0.717) is 23.7 Å². The van der Waals surface area contributed by atoms with Gasteiger partial charge in [-0.15, -0.1) is 0 Å². The molecule has 0 saturated carbocycles. The number of pyridine rings is 2. The van der Waals surface area contributed by atoms with E-state index in [-0.39, 0.29) is 5.41 Å². The number of benzene rings is 8. The van der Waals surface area contributed by atoms with Crippen molar-refractivity contribution in [2.45, 2.75) is 56.8 Å². The Balaban J connectivity index is 1.01. The lowest BCUT2D eigenvalue weighted by atomic mass is 9.66. The molecule has 2 bridgehead atoms. The summed E-state index contributed by atoms with van der Waals surface area (Å²) in [4.78, 5) is 15.5. The number of hydrogen-bond acceptors (Lipinski definition) is 5. The van der Waals surface area contributed by atoms with Crippen LogP contribution in [0.4, 0.5) is 34.1 Å². The van der Waals surface area contributed by atoms with Crippen molar-refractivity contribution in [1.29, 1.82) is 0 Å². The molecule has 374 valence electrons. The Morgan fingerprint density at radius 2 is 1.10 bits per heavy atom. The standard InChI is InChI=1S/C73H56N4O/c1-44(2)66-46-20-12-11-19-45(39-46)52-34-31-49(40-57(52)66)77(48-23-9-6-10-24-48)63-43-65-68(56-26-14-16-30-64(56)78-65)69-67(63)55-36-33-51(42-62(55)73(69)59-28-17-37-74-70(59)71-60(73)29-18-38-75-71)76(47-21-7-5-8-22-47)50-32-35-54-53-25-13-15-27-58(53)72(3,4)61(54)41-50/h5-38,40-46,66H,39H2,1-4H3. The molecule has 0 fully saturated rings. The summed E-state index contributed by atoms with van der Waals surface area (Å²) in [5, 5.41) is 2.19. The molecule has 3 aromatic heterocycles. The van der Waals surface area contributed by atoms with Crippen molar-refractivity contribution in [3.05, 3.63) is 275 Å². The highest BCUT2D eigenvalue weighted by Gasteiger charge is 2.56. The van der Waals surface area contributed by atoms with Gasteiger partial charge in [-0.05, 0) is 164 Å². The van der Waals surface area contributed by atoms with Gasteiger partial charge in [-0.3, -0.25) is 9.97 Å². The molecule has 8 aromatic carbocycles. The summed E-state index contributed by atoms with van der Waals surface area (Å²) in [6.07, 6.45) is 14.4. The first-order valence-electron chi connectivity index (χ1n) is 27.8. The maximum atomic E-state index is 7.19. The molecule has 5 heteroatoms. The van der Waals surface area contributed by atoms with E-state index in [2.05, 4.69) is 256 Å². The molecule has 11 aromatic rings. The molecule has 78 heavy (non-hydrogen) atoms. The van der Waals surface area contributed by atoms with Gasteiger partial charge in [0.1, 0.15) is 11.2 Å². The van der Waals surface area contributed by atoms with Crippen LogP contribution in [0.2, 0.25) is 0 Å². The van der Waals surface area contributed by atoms with Crippen molar-refractivity contribution in [3.8, 4) is 33.6 Å². The summed E-state index contributed by atoms with van der Waals surface area (Å²) in [7, 11) is 0. The van der Waals surface area contributed by atoms with Gasteiger partial charge in [-0.1, -0.05) is 161 Å². The van der Waals surface area contributed by atoms with Crippen molar-refractivity contribution in [1.82, 2.24) is 9.97 Å². The molecule has 16 rings (SSSR count). The fourth-order valence-electron chi connectivity index (χ4n) is 15.2. The second-order valence-corrected chi connectivity index (χ2v) is 23.0. The Kier molecular flexibility index (Phi) is 9.68. The first-order valence-corrected chi connectivity index (χ1v) is 27.8. The number of allylic oxidation sites excluding steroid dienone is 4. The summed E-state index contributed by atoms with van der Waals surface area (Å²) >= 11 is 0. The SMILES string of the molecule is CC(C)C1c2cc(N(c3ccccc3)c3cc4oc5ccccc5c4c4c3-c3ccc(N(c5ccccc5)c5ccc6c(c5)C(C)(C)c5ccccc5-6)cc3C43c4cccnc4-c4ncccc43)ccc2C2C=CC=CC1C2. The molecule has 3 atom stereocenters. The van der Waals surface area contributed by atoms with E-state index in [1.54, 1.807) is 0 Å². The Bertz CT molecular complexity index is 4310. The van der Waals surface area contributed by atoms with E-state index in [0.717, 1.165) is 85.0 Å². The molecule has 3 heterocycles. The zero-order valence-electron chi connectivity index (χ0n) is 44.2. The molecule has 0 N–H and O–H groups in total. The van der Waals surface area contributed by atoms with Gasteiger partial charge in [0.05, 0.1) is 22.5 Å². The first kappa shape index (κ1) is 45.2. The van der Waals surface area contributed by atoms with Crippen molar-refractivity contribution in [2.75, 3.05) is 9.80 Å². The number of nitrogens with zero attached hydrogens (tertiary/aromatic N) is 4. The van der Waals surface area contributed by atoms with E-state index in [1.165, 1.54) is 55.6 Å². The number of rotatable bonds is 7. The van der Waals surface area contributed by atoms with Crippen LogP contribution < -0.4 is 9.80 Å². The molecule has 0 aliphatic heterocycles. The maximum Gasteiger partial charge on any atom is 0.137 e. The van der Waals surface area contributed by atoms with Crippen molar-refractivity contribution < 1.29 is 4.42 Å². The van der Waals surface area contributed by atoms with Crippen LogP contribution in [0.3, 0.4) is 0 Å². The van der Waals surface area contributed by atoms with E-state index >= 15 is 0 Å². The van der Waals surface area contributed by atoms with Crippen LogP contribution in [-0.2, 0) is 10.8 Å². The van der Waals surface area contributed by atoms with Crippen LogP contribution in [0.25, 0.3) is 55.6 Å². The second kappa shape index (κ2) is 16.7. The summed E-state index contributed by atoms with van der Waals surface area (Å²) < 4.78 is 7.19. The third-order valence-electron chi connectivity index (χ3n) is 18.3. The molecule has 0 saturated heterocycles. The van der Waals surface area contributed by atoms with Gasteiger partial charge in [0.15, 0.2) is 0 Å². The summed E-state index contributed by atoms with van der Waals surface area (Å²) in [5.74, 6) is 1.65. The Hall–Kier alpha value is -9.06. The van der Waals surface area contributed by atoms with Crippen LogP contribution in [0, 0.1) is 11.8 Å². The quantitative estimate of drug-likeness (QED) is 0.159. The van der Waals surface area contributed by atoms with E-state index in [9.17, 15) is 0 Å². The zero-order chi connectivity index (χ0) is 52.0. The van der Waals surface area contributed by atoms with Crippen molar-refractivity contribution >= 4 is 56.1 Å². The minimum absolute atomic E-state index is 0.176. The molecular weight excluding hydrogens is 949 g/mol. The molecule has 0 amide bonds. The van der Waals surface area contributed by atoms with Gasteiger partial charge in [-0.2, -0.15) is 0 Å². The first-order chi connectivity index (χ1) is 38.3. The molecule has 5 aliphatic carbocycles. The maximum absolute atomic E-state index is 7.19. The fraction of sp³-hybridized carbons (Fsp3) is 0.151. The lowest BCUT2D eigenvalue weighted by molar-refractivity contribution is 0.346. The number of hydrogen-bond donors (Lipinski definition) is 0. The predicted octanol–water partition coefficient (Wildman–Crippen LogP) is 18.9. The van der Waals surface area contributed by atoms with Gasteiger partial charge < -0.3 is 14.2 Å². The molecule has 3 unspecified atom stereocenters. The zero-order valence-corrected chi connectivity index (χ0v) is 44.2. The van der Waals surface area contributed by atoms with Gasteiger partial charge >= 0.3 is 0 Å². The number of fused-ring (bicyclic) bond motifs is 21. The van der Waals surface area contributed by atoms with Crippen molar-refractivity contribution in [2.24, 2.45) is 11.8 Å². The fourth-order valence-corrected chi connectivity index (χ4v) is 15.2. The second-order valence-electron chi connectivity index (χ2n) is 23.0. The highest BCUT2D eigenvalue weighted by molar-refractivity contribution is 6.17. The lowest BCUT2D eigenvalue weighted by Gasteiger charge is -2.39. The summed E-state index contributed by atoms with van der Waals surface area (Å²) in [5.41, 5.74) is 24.2. The van der Waals surface area contributed by atoms with Crippen LogP contribution in [-0.4, -0.2) is 9.97 Å². The number of aromatic nitrogens is 2. The molecule has 5 nitrogen and oxygen atoms in total. The van der Waals surface area contributed by atoms with Gasteiger partial charge in [0.2, 0.25) is 0 Å². The van der Waals surface area contributed by atoms with E-state index in [4.69, 9.17) is 14.4 Å². The number of para-hydroxylation sites is 3. The smallest absolute Gasteiger partial charge is 0.137 e. The van der Waals surface area contributed by atoms with Crippen LogP contribution in [0.15, 0.2) is 235 Å². The summed E-state index contributed by atoms with van der Waals surface area (Å²) in [6.45, 7) is 9.54. The minimum atomic E-state index is -0.853. The highest BCUT2D eigenvalue weighted by Crippen LogP contribution is 2.67. The van der Waals surface area contributed by atoms with Gasteiger partial charge in [-0.25, -0.2) is 0 Å². The number of anilines is 6. The third kappa shape index (κ3) is 6.18. The summed E-state index contributed by atoms with van der Waals surface area (Å²) in [6, 6.07) is 72.2. The molecule has 1 spiro atoms.